The van der Waals surface area contributed by atoms with Gasteiger partial charge in [-0.25, -0.2) is 9.67 Å². The van der Waals surface area contributed by atoms with E-state index in [1.807, 2.05) is 47.4 Å². The fourth-order valence-corrected chi connectivity index (χ4v) is 3.26. The average Bonchev–Trinajstić information content (AvgIpc) is 3.27. The number of nitrogens with zero attached hydrogens (tertiary/aromatic N) is 3. The van der Waals surface area contributed by atoms with Gasteiger partial charge in [0.25, 0.3) is 0 Å². The van der Waals surface area contributed by atoms with E-state index >= 15 is 0 Å². The quantitative estimate of drug-likeness (QED) is 0.317. The van der Waals surface area contributed by atoms with E-state index in [-0.39, 0.29) is 24.0 Å². The predicted octanol–water partition coefficient (Wildman–Crippen LogP) is 4.12. The first kappa shape index (κ1) is 20.4. The Morgan fingerprint density at radius 2 is 1.96 bits per heavy atom. The molecule has 2 aromatic heterocycles. The van der Waals surface area contributed by atoms with Crippen LogP contribution in [0.5, 0.6) is 0 Å². The first-order valence-corrected chi connectivity index (χ1v) is 9.22. The van der Waals surface area contributed by atoms with E-state index in [0.717, 1.165) is 30.3 Å². The Hall–Kier alpha value is -1.87. The van der Waals surface area contributed by atoms with Gasteiger partial charge in [0.2, 0.25) is 0 Å². The van der Waals surface area contributed by atoms with Gasteiger partial charge in [-0.15, -0.1) is 35.3 Å². The summed E-state index contributed by atoms with van der Waals surface area (Å²) >= 11 is 1.80. The standard InChI is InChI=1S/C19H23N5S.HI/c1-3-20-19(22-13-18-10-9-15(2)25-18)21-11-16-12-23-24(14-16)17-7-5-4-6-8-17;/h4-10,12,14H,3,11,13H2,1-2H3,(H2,20,21,22);1H. The highest BCUT2D eigenvalue weighted by molar-refractivity contribution is 14.0. The Bertz CT molecular complexity index is 825. The molecular weight excluding hydrogens is 457 g/mol. The number of aliphatic imine (C=N–C) groups is 1. The second-order valence-corrected chi connectivity index (χ2v) is 7.06. The smallest absolute Gasteiger partial charge is 0.191 e. The van der Waals surface area contributed by atoms with E-state index in [9.17, 15) is 0 Å². The van der Waals surface area contributed by atoms with Crippen molar-refractivity contribution in [3.8, 4) is 5.69 Å². The lowest BCUT2D eigenvalue weighted by molar-refractivity contribution is 0.823. The molecular formula is C19H24IN5S. The number of thiophene rings is 1. The first-order valence-electron chi connectivity index (χ1n) is 8.41. The molecule has 0 bridgehead atoms. The lowest BCUT2D eigenvalue weighted by Crippen LogP contribution is -2.36. The molecule has 0 saturated heterocycles. The predicted molar refractivity (Wildman–Crippen MR) is 120 cm³/mol. The molecule has 3 aromatic rings. The summed E-state index contributed by atoms with van der Waals surface area (Å²) in [5.41, 5.74) is 2.13. The summed E-state index contributed by atoms with van der Waals surface area (Å²) in [5, 5.41) is 11.1. The van der Waals surface area contributed by atoms with Gasteiger partial charge in [-0.05, 0) is 38.1 Å². The Morgan fingerprint density at radius 3 is 2.65 bits per heavy atom. The van der Waals surface area contributed by atoms with Gasteiger partial charge in [0.15, 0.2) is 5.96 Å². The molecule has 0 aliphatic carbocycles. The van der Waals surface area contributed by atoms with Gasteiger partial charge in [-0.3, -0.25) is 0 Å². The monoisotopic (exact) mass is 481 g/mol. The van der Waals surface area contributed by atoms with Crippen molar-refractivity contribution < 1.29 is 0 Å². The maximum atomic E-state index is 4.66. The number of aromatic nitrogens is 2. The lowest BCUT2D eigenvalue weighted by Gasteiger charge is -2.10. The molecule has 2 heterocycles. The van der Waals surface area contributed by atoms with Crippen LogP contribution in [-0.4, -0.2) is 22.3 Å². The van der Waals surface area contributed by atoms with Gasteiger partial charge < -0.3 is 10.6 Å². The topological polar surface area (TPSA) is 54.2 Å². The van der Waals surface area contributed by atoms with Gasteiger partial charge in [0, 0.05) is 28.1 Å². The highest BCUT2D eigenvalue weighted by atomic mass is 127. The van der Waals surface area contributed by atoms with Crippen molar-refractivity contribution in [1.82, 2.24) is 20.4 Å². The van der Waals surface area contributed by atoms with E-state index in [4.69, 9.17) is 0 Å². The Balaban J connectivity index is 0.00000243. The van der Waals surface area contributed by atoms with Gasteiger partial charge in [-0.1, -0.05) is 18.2 Å². The molecule has 0 aliphatic heterocycles. The van der Waals surface area contributed by atoms with Crippen LogP contribution in [0.1, 0.15) is 22.2 Å². The number of para-hydroxylation sites is 1. The SMILES string of the molecule is CCNC(=NCc1cnn(-c2ccccc2)c1)NCc1ccc(C)s1.I. The minimum absolute atomic E-state index is 0. The van der Waals surface area contributed by atoms with Crippen LogP contribution in [0.3, 0.4) is 0 Å². The molecule has 3 rings (SSSR count). The molecule has 0 unspecified atom stereocenters. The highest BCUT2D eigenvalue weighted by Crippen LogP contribution is 2.14. The van der Waals surface area contributed by atoms with Crippen LogP contribution in [0.25, 0.3) is 5.69 Å². The van der Waals surface area contributed by atoms with E-state index in [1.165, 1.54) is 9.75 Å². The molecule has 0 radical (unpaired) electrons. The molecule has 0 atom stereocenters. The summed E-state index contributed by atoms with van der Waals surface area (Å²) in [7, 11) is 0. The van der Waals surface area contributed by atoms with Crippen LogP contribution in [0.15, 0.2) is 59.9 Å². The Kier molecular flexibility index (Phi) is 8.11. The summed E-state index contributed by atoms with van der Waals surface area (Å²) in [5.74, 6) is 0.820. The zero-order valence-electron chi connectivity index (χ0n) is 15.0. The van der Waals surface area contributed by atoms with Gasteiger partial charge >= 0.3 is 0 Å². The number of nitrogens with one attached hydrogen (secondary N) is 2. The maximum absolute atomic E-state index is 4.66. The van der Waals surface area contributed by atoms with Crippen LogP contribution in [0, 0.1) is 6.92 Å². The maximum Gasteiger partial charge on any atom is 0.191 e. The summed E-state index contributed by atoms with van der Waals surface area (Å²) in [6.45, 7) is 6.40. The minimum Gasteiger partial charge on any atom is -0.357 e. The third-order valence-corrected chi connectivity index (χ3v) is 4.65. The van der Waals surface area contributed by atoms with Crippen LogP contribution in [-0.2, 0) is 13.1 Å². The third-order valence-electron chi connectivity index (χ3n) is 3.65. The van der Waals surface area contributed by atoms with Crippen molar-refractivity contribution >= 4 is 41.3 Å². The van der Waals surface area contributed by atoms with E-state index < -0.39 is 0 Å². The number of benzene rings is 1. The van der Waals surface area contributed by atoms with Crippen LogP contribution in [0.4, 0.5) is 0 Å². The highest BCUT2D eigenvalue weighted by Gasteiger charge is 2.03. The second-order valence-electron chi connectivity index (χ2n) is 5.69. The fraction of sp³-hybridized carbons (Fsp3) is 0.263. The zero-order chi connectivity index (χ0) is 17.5. The van der Waals surface area contributed by atoms with Crippen molar-refractivity contribution in [2.45, 2.75) is 26.9 Å². The number of hydrogen-bond donors (Lipinski definition) is 2. The zero-order valence-corrected chi connectivity index (χ0v) is 18.1. The fourth-order valence-electron chi connectivity index (χ4n) is 2.43. The molecule has 7 heteroatoms. The van der Waals surface area contributed by atoms with Crippen molar-refractivity contribution in [2.24, 2.45) is 4.99 Å². The Labute approximate surface area is 175 Å². The molecule has 0 aliphatic rings. The summed E-state index contributed by atoms with van der Waals surface area (Å²) in [6.07, 6.45) is 3.88. The molecule has 2 N–H and O–H groups in total. The number of aryl methyl sites for hydroxylation is 1. The number of halogens is 1. The van der Waals surface area contributed by atoms with Crippen LogP contribution >= 0.6 is 35.3 Å². The minimum atomic E-state index is 0. The molecule has 0 amide bonds. The van der Waals surface area contributed by atoms with Crippen molar-refractivity contribution in [3.05, 3.63) is 70.2 Å². The first-order chi connectivity index (χ1) is 12.2. The molecule has 138 valence electrons. The van der Waals surface area contributed by atoms with Gasteiger partial charge in [0.05, 0.1) is 25.0 Å². The van der Waals surface area contributed by atoms with Crippen molar-refractivity contribution in [3.63, 3.8) is 0 Å². The van der Waals surface area contributed by atoms with E-state index in [2.05, 4.69) is 46.7 Å². The molecule has 5 nitrogen and oxygen atoms in total. The third kappa shape index (κ3) is 5.84. The summed E-state index contributed by atoms with van der Waals surface area (Å²) in [6, 6.07) is 14.4. The lowest BCUT2D eigenvalue weighted by atomic mass is 10.3. The average molecular weight is 481 g/mol. The number of hydrogen-bond acceptors (Lipinski definition) is 3. The molecule has 0 spiro atoms. The molecule has 0 fully saturated rings. The van der Waals surface area contributed by atoms with Gasteiger partial charge in [0.1, 0.15) is 0 Å². The largest absolute Gasteiger partial charge is 0.357 e. The normalized spacial score (nSPS) is 11.1. The second kappa shape index (κ2) is 10.3. The Morgan fingerprint density at radius 1 is 1.15 bits per heavy atom. The number of guanidine groups is 1. The van der Waals surface area contributed by atoms with Gasteiger partial charge in [-0.2, -0.15) is 5.10 Å². The van der Waals surface area contributed by atoms with Crippen molar-refractivity contribution in [2.75, 3.05) is 6.54 Å². The summed E-state index contributed by atoms with van der Waals surface area (Å²) in [4.78, 5) is 7.29. The van der Waals surface area contributed by atoms with Crippen LogP contribution in [0.2, 0.25) is 0 Å². The molecule has 26 heavy (non-hydrogen) atoms. The number of rotatable bonds is 6. The molecule has 0 saturated carbocycles. The summed E-state index contributed by atoms with van der Waals surface area (Å²) < 4.78 is 1.87. The van der Waals surface area contributed by atoms with Crippen LogP contribution < -0.4 is 10.6 Å². The van der Waals surface area contributed by atoms with Crippen molar-refractivity contribution in [1.29, 1.82) is 0 Å². The van der Waals surface area contributed by atoms with E-state index in [1.54, 1.807) is 11.3 Å². The van der Waals surface area contributed by atoms with E-state index in [0.29, 0.717) is 6.54 Å². The molecule has 1 aromatic carbocycles.